The average molecular weight is 383 g/mol. The van der Waals surface area contributed by atoms with E-state index in [4.69, 9.17) is 9.47 Å². The van der Waals surface area contributed by atoms with Crippen LogP contribution in [0.5, 0.6) is 5.75 Å². The normalized spacial score (nSPS) is 12.2. The minimum atomic E-state index is -0.331. The van der Waals surface area contributed by atoms with E-state index in [1.54, 1.807) is 26.3 Å². The highest BCUT2D eigenvalue weighted by Gasteiger charge is 2.07. The van der Waals surface area contributed by atoms with E-state index in [9.17, 15) is 4.79 Å². The van der Waals surface area contributed by atoms with Crippen LogP contribution in [-0.4, -0.2) is 39.7 Å². The van der Waals surface area contributed by atoms with Crippen LogP contribution in [-0.2, 0) is 11.3 Å². The molecule has 0 heterocycles. The fourth-order valence-corrected chi connectivity index (χ4v) is 2.79. The number of benzene rings is 2. The molecule has 6 nitrogen and oxygen atoms in total. The summed E-state index contributed by atoms with van der Waals surface area (Å²) in [6.45, 7) is 3.64. The average Bonchev–Trinajstić information content (AvgIpc) is 2.75. The molecule has 2 aromatic rings. The van der Waals surface area contributed by atoms with Gasteiger partial charge in [-0.25, -0.2) is 4.79 Å². The molecule has 0 radical (unpaired) electrons. The van der Waals surface area contributed by atoms with Gasteiger partial charge in [0, 0.05) is 20.1 Å². The molecule has 0 amide bonds. The van der Waals surface area contributed by atoms with Gasteiger partial charge < -0.3 is 20.1 Å². The highest BCUT2D eigenvalue weighted by Crippen LogP contribution is 2.21. The summed E-state index contributed by atoms with van der Waals surface area (Å²) in [5.41, 5.74) is 2.89. The molecule has 150 valence electrons. The quantitative estimate of drug-likeness (QED) is 0.416. The molecule has 0 aliphatic rings. The Hall–Kier alpha value is -3.02. The van der Waals surface area contributed by atoms with E-state index in [0.717, 1.165) is 30.2 Å². The molecule has 2 aromatic carbocycles. The third kappa shape index (κ3) is 6.30. The summed E-state index contributed by atoms with van der Waals surface area (Å²) in [5, 5.41) is 6.62. The summed E-state index contributed by atoms with van der Waals surface area (Å²) in [7, 11) is 4.81. The first kappa shape index (κ1) is 21.3. The molecule has 0 bridgehead atoms. The molecular formula is C22H29N3O3. The molecule has 0 saturated carbocycles. The molecule has 6 heteroatoms. The van der Waals surface area contributed by atoms with E-state index >= 15 is 0 Å². The van der Waals surface area contributed by atoms with Crippen LogP contribution < -0.4 is 15.4 Å². The summed E-state index contributed by atoms with van der Waals surface area (Å²) in [5.74, 6) is 1.72. The predicted octanol–water partition coefficient (Wildman–Crippen LogP) is 3.34. The number of aliphatic imine (C=N–C) groups is 1. The van der Waals surface area contributed by atoms with E-state index < -0.39 is 0 Å². The molecule has 0 spiro atoms. The maximum atomic E-state index is 11.5. The van der Waals surface area contributed by atoms with Gasteiger partial charge in [-0.05, 0) is 47.7 Å². The summed E-state index contributed by atoms with van der Waals surface area (Å²) in [4.78, 5) is 15.7. The molecule has 0 fully saturated rings. The highest BCUT2D eigenvalue weighted by atomic mass is 16.5. The predicted molar refractivity (Wildman–Crippen MR) is 112 cm³/mol. The van der Waals surface area contributed by atoms with Gasteiger partial charge in [0.05, 0.1) is 19.8 Å². The first-order valence-electron chi connectivity index (χ1n) is 9.33. The van der Waals surface area contributed by atoms with Crippen LogP contribution in [0.15, 0.2) is 53.5 Å². The van der Waals surface area contributed by atoms with Crippen LogP contribution in [0.3, 0.4) is 0 Å². The Morgan fingerprint density at radius 1 is 1.04 bits per heavy atom. The Bertz CT molecular complexity index is 771. The van der Waals surface area contributed by atoms with Crippen LogP contribution in [0, 0.1) is 0 Å². The van der Waals surface area contributed by atoms with Crippen molar-refractivity contribution in [2.24, 2.45) is 4.99 Å². The minimum Gasteiger partial charge on any atom is -0.497 e. The van der Waals surface area contributed by atoms with Gasteiger partial charge in [0.25, 0.3) is 0 Å². The second-order valence-corrected chi connectivity index (χ2v) is 6.50. The third-order valence-electron chi connectivity index (χ3n) is 4.61. The fourth-order valence-electron chi connectivity index (χ4n) is 2.79. The van der Waals surface area contributed by atoms with Gasteiger partial charge in [0.2, 0.25) is 0 Å². The zero-order chi connectivity index (χ0) is 20.4. The van der Waals surface area contributed by atoms with Crippen molar-refractivity contribution >= 4 is 11.9 Å². The van der Waals surface area contributed by atoms with E-state index in [2.05, 4.69) is 34.7 Å². The number of carbonyl (C=O) groups is 1. The zero-order valence-electron chi connectivity index (χ0n) is 17.0. The molecule has 2 N–H and O–H groups in total. The fraction of sp³-hybridized carbons (Fsp3) is 0.364. The van der Waals surface area contributed by atoms with E-state index in [1.807, 2.05) is 24.3 Å². The number of hydrogen-bond donors (Lipinski definition) is 2. The van der Waals surface area contributed by atoms with Crippen molar-refractivity contribution in [1.29, 1.82) is 0 Å². The molecule has 0 saturated heterocycles. The lowest BCUT2D eigenvalue weighted by atomic mass is 9.98. The van der Waals surface area contributed by atoms with Gasteiger partial charge in [-0.3, -0.25) is 4.99 Å². The number of carbonyl (C=O) groups excluding carboxylic acids is 1. The lowest BCUT2D eigenvalue weighted by Crippen LogP contribution is -2.37. The Morgan fingerprint density at radius 2 is 1.71 bits per heavy atom. The molecular weight excluding hydrogens is 354 g/mol. The molecule has 1 atom stereocenters. The maximum Gasteiger partial charge on any atom is 0.337 e. The molecule has 0 aromatic heterocycles. The van der Waals surface area contributed by atoms with Gasteiger partial charge in [0.15, 0.2) is 5.96 Å². The Kier molecular flexibility index (Phi) is 8.34. The van der Waals surface area contributed by atoms with Gasteiger partial charge in [-0.15, -0.1) is 0 Å². The van der Waals surface area contributed by atoms with Crippen LogP contribution in [0.2, 0.25) is 0 Å². The first-order chi connectivity index (χ1) is 13.6. The summed E-state index contributed by atoms with van der Waals surface area (Å²) in [6.07, 6.45) is 0.987. The Balaban J connectivity index is 1.77. The van der Waals surface area contributed by atoms with E-state index in [0.29, 0.717) is 18.0 Å². The molecule has 2 rings (SSSR count). The molecule has 0 aliphatic heterocycles. The van der Waals surface area contributed by atoms with Crippen LogP contribution >= 0.6 is 0 Å². The number of hydrogen-bond acceptors (Lipinski definition) is 4. The van der Waals surface area contributed by atoms with Crippen LogP contribution in [0.4, 0.5) is 0 Å². The van der Waals surface area contributed by atoms with Crippen molar-refractivity contribution in [3.05, 3.63) is 65.2 Å². The number of rotatable bonds is 8. The smallest absolute Gasteiger partial charge is 0.337 e. The summed E-state index contributed by atoms with van der Waals surface area (Å²) < 4.78 is 9.91. The molecule has 28 heavy (non-hydrogen) atoms. The van der Waals surface area contributed by atoms with E-state index in [1.165, 1.54) is 12.7 Å². The van der Waals surface area contributed by atoms with Crippen molar-refractivity contribution in [1.82, 2.24) is 10.6 Å². The standard InChI is InChI=1S/C22H29N3O3/c1-16(18-9-11-20(27-3)12-10-18)13-14-24-22(23-2)25-15-17-5-7-19(8-6-17)21(26)28-4/h5-12,16H,13-15H2,1-4H3,(H2,23,24,25). The van der Waals surface area contributed by atoms with E-state index in [-0.39, 0.29) is 5.97 Å². The number of ether oxygens (including phenoxy) is 2. The largest absolute Gasteiger partial charge is 0.497 e. The Morgan fingerprint density at radius 3 is 2.29 bits per heavy atom. The van der Waals surface area contributed by atoms with Gasteiger partial charge in [0.1, 0.15) is 5.75 Å². The number of nitrogens with zero attached hydrogens (tertiary/aromatic N) is 1. The molecule has 1 unspecified atom stereocenters. The van der Waals surface area contributed by atoms with Gasteiger partial charge >= 0.3 is 5.97 Å². The lowest BCUT2D eigenvalue weighted by molar-refractivity contribution is 0.0600. The maximum absolute atomic E-state index is 11.5. The van der Waals surface area contributed by atoms with Crippen molar-refractivity contribution in [3.63, 3.8) is 0 Å². The van der Waals surface area contributed by atoms with Crippen molar-refractivity contribution in [2.75, 3.05) is 27.8 Å². The van der Waals surface area contributed by atoms with Gasteiger partial charge in [-0.1, -0.05) is 31.2 Å². The topological polar surface area (TPSA) is 72.0 Å². The summed E-state index contributed by atoms with van der Waals surface area (Å²) in [6, 6.07) is 15.5. The number of methoxy groups -OCH3 is 2. The summed E-state index contributed by atoms with van der Waals surface area (Å²) >= 11 is 0. The SMILES string of the molecule is CN=C(NCCC(C)c1ccc(OC)cc1)NCc1ccc(C(=O)OC)cc1. The molecule has 0 aliphatic carbocycles. The Labute approximate surface area is 167 Å². The van der Waals surface area contributed by atoms with Crippen molar-refractivity contribution in [2.45, 2.75) is 25.8 Å². The third-order valence-corrected chi connectivity index (χ3v) is 4.61. The lowest BCUT2D eigenvalue weighted by Gasteiger charge is -2.15. The van der Waals surface area contributed by atoms with Crippen molar-refractivity contribution < 1.29 is 14.3 Å². The number of guanidine groups is 1. The number of esters is 1. The minimum absolute atomic E-state index is 0.331. The number of nitrogens with one attached hydrogen (secondary N) is 2. The van der Waals surface area contributed by atoms with Gasteiger partial charge in [-0.2, -0.15) is 0 Å². The highest BCUT2D eigenvalue weighted by molar-refractivity contribution is 5.89. The van der Waals surface area contributed by atoms with Crippen molar-refractivity contribution in [3.8, 4) is 5.75 Å². The van der Waals surface area contributed by atoms with Crippen LogP contribution in [0.25, 0.3) is 0 Å². The van der Waals surface area contributed by atoms with Crippen LogP contribution in [0.1, 0.15) is 40.7 Å². The second-order valence-electron chi connectivity index (χ2n) is 6.50. The second kappa shape index (κ2) is 11.0. The monoisotopic (exact) mass is 383 g/mol. The first-order valence-corrected chi connectivity index (χ1v) is 9.33. The zero-order valence-corrected chi connectivity index (χ0v) is 17.0.